The summed E-state index contributed by atoms with van der Waals surface area (Å²) in [7, 11) is 0. The summed E-state index contributed by atoms with van der Waals surface area (Å²) in [5.74, 6) is -1.89. The average Bonchev–Trinajstić information content (AvgIpc) is 3.11. The van der Waals surface area contributed by atoms with Crippen LogP contribution in [-0.2, 0) is 0 Å². The number of carboxylic acids is 1. The molecule has 1 fully saturated rings. The Kier molecular flexibility index (Phi) is 2.78. The molecule has 0 amide bonds. The van der Waals surface area contributed by atoms with Crippen LogP contribution in [0, 0.1) is 5.82 Å². The van der Waals surface area contributed by atoms with E-state index in [0.717, 1.165) is 12.8 Å². The molecule has 1 aliphatic rings. The highest BCUT2D eigenvalue weighted by molar-refractivity contribution is 6.30. The van der Waals surface area contributed by atoms with E-state index >= 15 is 0 Å². The lowest BCUT2D eigenvalue weighted by atomic mass is 10.2. The van der Waals surface area contributed by atoms with Gasteiger partial charge in [-0.25, -0.2) is 14.2 Å². The molecular formula is C13H9ClFNO3. The Hall–Kier alpha value is -1.88. The molecule has 1 heterocycles. The molecule has 0 unspecified atom stereocenters. The van der Waals surface area contributed by atoms with E-state index in [1.165, 1.54) is 18.2 Å². The zero-order chi connectivity index (χ0) is 13.6. The Morgan fingerprint density at radius 1 is 1.47 bits per heavy atom. The Bertz CT molecular complexity index is 664. The van der Waals surface area contributed by atoms with Crippen LogP contribution in [0.2, 0.25) is 5.02 Å². The molecule has 0 spiro atoms. The first kappa shape index (κ1) is 12.2. The molecular weight excluding hydrogens is 273 g/mol. The summed E-state index contributed by atoms with van der Waals surface area (Å²) in [5.41, 5.74) is 0.462. The van der Waals surface area contributed by atoms with Crippen molar-refractivity contribution >= 4 is 17.6 Å². The standard InChI is InChI=1S/C13H9ClFNO3/c14-7-3-4-9(15)8(5-7)12-16-10(6-1-2-6)11(19-12)13(17)18/h3-6H,1-2H2,(H,17,18). The summed E-state index contributed by atoms with van der Waals surface area (Å²) in [6.45, 7) is 0. The molecule has 0 radical (unpaired) electrons. The number of halogens is 2. The lowest BCUT2D eigenvalue weighted by Gasteiger charge is -1.98. The predicted molar refractivity (Wildman–Crippen MR) is 65.8 cm³/mol. The number of hydrogen-bond acceptors (Lipinski definition) is 3. The Labute approximate surface area is 112 Å². The van der Waals surface area contributed by atoms with Gasteiger partial charge in [-0.15, -0.1) is 0 Å². The zero-order valence-corrected chi connectivity index (χ0v) is 10.4. The van der Waals surface area contributed by atoms with Crippen molar-refractivity contribution in [3.63, 3.8) is 0 Å². The SMILES string of the molecule is O=C(O)c1oc(-c2cc(Cl)ccc2F)nc1C1CC1. The van der Waals surface area contributed by atoms with Crippen molar-refractivity contribution in [3.8, 4) is 11.5 Å². The molecule has 0 aliphatic heterocycles. The lowest BCUT2D eigenvalue weighted by molar-refractivity contribution is 0.0661. The van der Waals surface area contributed by atoms with E-state index in [1.807, 2.05) is 0 Å². The molecule has 2 aromatic rings. The maximum atomic E-state index is 13.7. The van der Waals surface area contributed by atoms with Crippen LogP contribution in [0.5, 0.6) is 0 Å². The van der Waals surface area contributed by atoms with Crippen molar-refractivity contribution < 1.29 is 18.7 Å². The number of hydrogen-bond donors (Lipinski definition) is 1. The largest absolute Gasteiger partial charge is 0.475 e. The minimum Gasteiger partial charge on any atom is -0.475 e. The monoisotopic (exact) mass is 281 g/mol. The van der Waals surface area contributed by atoms with Crippen molar-refractivity contribution in [2.24, 2.45) is 0 Å². The van der Waals surface area contributed by atoms with Gasteiger partial charge in [0.25, 0.3) is 0 Å². The summed E-state index contributed by atoms with van der Waals surface area (Å²) >= 11 is 5.80. The van der Waals surface area contributed by atoms with Crippen molar-refractivity contribution in [2.45, 2.75) is 18.8 Å². The fourth-order valence-corrected chi connectivity index (χ4v) is 2.07. The van der Waals surface area contributed by atoms with Crippen molar-refractivity contribution in [1.82, 2.24) is 4.98 Å². The maximum Gasteiger partial charge on any atom is 0.373 e. The number of aromatic carboxylic acids is 1. The van der Waals surface area contributed by atoms with Crippen LogP contribution in [-0.4, -0.2) is 16.1 Å². The van der Waals surface area contributed by atoms with E-state index in [9.17, 15) is 9.18 Å². The van der Waals surface area contributed by atoms with E-state index in [2.05, 4.69) is 4.98 Å². The highest BCUT2D eigenvalue weighted by Crippen LogP contribution is 2.42. The maximum absolute atomic E-state index is 13.7. The number of aromatic nitrogens is 1. The molecule has 1 aromatic carbocycles. The Morgan fingerprint density at radius 2 is 2.21 bits per heavy atom. The van der Waals surface area contributed by atoms with Crippen LogP contribution >= 0.6 is 11.6 Å². The first-order valence-electron chi connectivity index (χ1n) is 5.75. The lowest BCUT2D eigenvalue weighted by Crippen LogP contribution is -1.98. The van der Waals surface area contributed by atoms with Gasteiger partial charge in [0.15, 0.2) is 0 Å². The highest BCUT2D eigenvalue weighted by Gasteiger charge is 2.34. The fourth-order valence-electron chi connectivity index (χ4n) is 1.90. The number of carbonyl (C=O) groups is 1. The second-order valence-corrected chi connectivity index (χ2v) is 4.87. The summed E-state index contributed by atoms with van der Waals surface area (Å²) in [5, 5.41) is 9.41. The van der Waals surface area contributed by atoms with Gasteiger partial charge in [0.1, 0.15) is 5.82 Å². The normalized spacial score (nSPS) is 14.6. The summed E-state index contributed by atoms with van der Waals surface area (Å²) < 4.78 is 18.9. The number of benzene rings is 1. The van der Waals surface area contributed by atoms with Gasteiger partial charge in [-0.1, -0.05) is 11.6 Å². The van der Waals surface area contributed by atoms with Crippen LogP contribution in [0.1, 0.15) is 35.0 Å². The van der Waals surface area contributed by atoms with E-state index < -0.39 is 11.8 Å². The second kappa shape index (κ2) is 4.35. The number of carboxylic acid groups (broad SMARTS) is 1. The highest BCUT2D eigenvalue weighted by atomic mass is 35.5. The smallest absolute Gasteiger partial charge is 0.373 e. The van der Waals surface area contributed by atoms with Crippen LogP contribution in [0.15, 0.2) is 22.6 Å². The number of nitrogens with zero attached hydrogens (tertiary/aromatic N) is 1. The minimum absolute atomic E-state index is 0.0423. The van der Waals surface area contributed by atoms with E-state index in [1.54, 1.807) is 0 Å². The molecule has 19 heavy (non-hydrogen) atoms. The number of rotatable bonds is 3. The average molecular weight is 282 g/mol. The quantitative estimate of drug-likeness (QED) is 0.931. The van der Waals surface area contributed by atoms with E-state index in [-0.39, 0.29) is 23.1 Å². The second-order valence-electron chi connectivity index (χ2n) is 4.44. The minimum atomic E-state index is -1.19. The molecule has 4 nitrogen and oxygen atoms in total. The molecule has 0 saturated heterocycles. The van der Waals surface area contributed by atoms with Crippen molar-refractivity contribution in [3.05, 3.63) is 40.5 Å². The first-order chi connectivity index (χ1) is 9.06. The van der Waals surface area contributed by atoms with Gasteiger partial charge >= 0.3 is 5.97 Å². The summed E-state index contributed by atoms with van der Waals surface area (Å²) in [4.78, 5) is 15.2. The molecule has 1 aromatic heterocycles. The molecule has 1 N–H and O–H groups in total. The fraction of sp³-hybridized carbons (Fsp3) is 0.231. The van der Waals surface area contributed by atoms with Gasteiger partial charge in [-0.2, -0.15) is 0 Å². The van der Waals surface area contributed by atoms with Crippen molar-refractivity contribution in [1.29, 1.82) is 0 Å². The van der Waals surface area contributed by atoms with Gasteiger partial charge in [0.2, 0.25) is 11.7 Å². The molecule has 6 heteroatoms. The van der Waals surface area contributed by atoms with Crippen LogP contribution < -0.4 is 0 Å². The van der Waals surface area contributed by atoms with Gasteiger partial charge < -0.3 is 9.52 Å². The van der Waals surface area contributed by atoms with Gasteiger partial charge in [-0.3, -0.25) is 0 Å². The van der Waals surface area contributed by atoms with Gasteiger partial charge in [0.05, 0.1) is 11.3 Å². The van der Waals surface area contributed by atoms with Crippen LogP contribution in [0.4, 0.5) is 4.39 Å². The van der Waals surface area contributed by atoms with Crippen molar-refractivity contribution in [2.75, 3.05) is 0 Å². The molecule has 1 aliphatic carbocycles. The molecule has 0 bridgehead atoms. The first-order valence-corrected chi connectivity index (χ1v) is 6.13. The van der Waals surface area contributed by atoms with Gasteiger partial charge in [0, 0.05) is 10.9 Å². The Morgan fingerprint density at radius 3 is 2.84 bits per heavy atom. The molecule has 0 atom stereocenters. The third-order valence-corrected chi connectivity index (χ3v) is 3.21. The van der Waals surface area contributed by atoms with Crippen LogP contribution in [0.25, 0.3) is 11.5 Å². The number of oxazole rings is 1. The topological polar surface area (TPSA) is 63.3 Å². The van der Waals surface area contributed by atoms with Crippen LogP contribution in [0.3, 0.4) is 0 Å². The van der Waals surface area contributed by atoms with E-state index in [0.29, 0.717) is 10.7 Å². The third-order valence-electron chi connectivity index (χ3n) is 2.97. The van der Waals surface area contributed by atoms with Gasteiger partial charge in [-0.05, 0) is 31.0 Å². The summed E-state index contributed by atoms with van der Waals surface area (Å²) in [6, 6.07) is 3.97. The van der Waals surface area contributed by atoms with E-state index in [4.69, 9.17) is 21.1 Å². The molecule has 1 saturated carbocycles. The Balaban J connectivity index is 2.12. The molecule has 3 rings (SSSR count). The molecule has 98 valence electrons. The predicted octanol–water partition coefficient (Wildman–Crippen LogP) is 3.71. The summed E-state index contributed by atoms with van der Waals surface area (Å²) in [6.07, 6.45) is 1.76. The third kappa shape index (κ3) is 2.21. The zero-order valence-electron chi connectivity index (χ0n) is 9.69.